The van der Waals surface area contributed by atoms with E-state index in [1.807, 2.05) is 0 Å². The molecule has 0 saturated heterocycles. The van der Waals surface area contributed by atoms with Crippen LogP contribution >= 0.6 is 0 Å². The van der Waals surface area contributed by atoms with Gasteiger partial charge in [0.15, 0.2) is 0 Å². The number of primary amides is 1. The van der Waals surface area contributed by atoms with Crippen LogP contribution in [0.4, 0.5) is 4.79 Å². The molecular weight excluding hydrogens is 222 g/mol. The van der Waals surface area contributed by atoms with Crippen LogP contribution in [0.25, 0.3) is 0 Å². The minimum Gasteiger partial charge on any atom is -0.448 e. The first kappa shape index (κ1) is 15.7. The van der Waals surface area contributed by atoms with E-state index in [1.54, 1.807) is 0 Å². The van der Waals surface area contributed by atoms with Crippen molar-refractivity contribution < 1.29 is 14.3 Å². The smallest absolute Gasteiger partial charge is 0.404 e. The molecule has 0 unspecified atom stereocenters. The molecule has 0 aliphatic rings. The maximum absolute atomic E-state index is 11.5. The monoisotopic (exact) mass is 245 g/mol. The highest BCUT2D eigenvalue weighted by atomic mass is 16.5. The second kappa shape index (κ2) is 8.81. The second-order valence-corrected chi connectivity index (χ2v) is 4.45. The first-order valence-corrected chi connectivity index (χ1v) is 5.84. The molecule has 17 heavy (non-hydrogen) atoms. The van der Waals surface area contributed by atoms with Gasteiger partial charge in [0.2, 0.25) is 5.91 Å². The summed E-state index contributed by atoms with van der Waals surface area (Å²) in [6.45, 7) is 5.07. The predicted octanol–water partition coefficient (Wildman–Crippen LogP) is 0.209. The third-order valence-electron chi connectivity index (χ3n) is 2.28. The fourth-order valence-corrected chi connectivity index (χ4v) is 1.61. The number of nitrogens with one attached hydrogen (secondary N) is 1. The Bertz CT molecular complexity index is 244. The summed E-state index contributed by atoms with van der Waals surface area (Å²) in [4.78, 5) is 21.8. The van der Waals surface area contributed by atoms with Gasteiger partial charge < -0.3 is 21.5 Å². The van der Waals surface area contributed by atoms with Crippen molar-refractivity contribution >= 4 is 12.0 Å². The summed E-state index contributed by atoms with van der Waals surface area (Å²) in [5.41, 5.74) is 10.4. The molecule has 6 nitrogen and oxygen atoms in total. The number of hydrogen-bond donors (Lipinski definition) is 3. The minimum absolute atomic E-state index is 0.0748. The van der Waals surface area contributed by atoms with Gasteiger partial charge in [-0.15, -0.1) is 0 Å². The van der Waals surface area contributed by atoms with E-state index in [0.29, 0.717) is 18.9 Å². The van der Waals surface area contributed by atoms with Crippen molar-refractivity contribution in [2.45, 2.75) is 26.7 Å². The van der Waals surface area contributed by atoms with Crippen LogP contribution in [0.3, 0.4) is 0 Å². The normalized spacial score (nSPS) is 12.2. The number of hydrogen-bond acceptors (Lipinski definition) is 4. The largest absolute Gasteiger partial charge is 0.448 e. The highest BCUT2D eigenvalue weighted by molar-refractivity contribution is 5.76. The SMILES string of the molecule is CC(C)C[C@H](CN)CC(=O)NCCOC(N)=O. The van der Waals surface area contributed by atoms with Crippen molar-refractivity contribution in [3.8, 4) is 0 Å². The number of ether oxygens (including phenoxy) is 1. The lowest BCUT2D eigenvalue weighted by Gasteiger charge is -2.16. The van der Waals surface area contributed by atoms with Gasteiger partial charge in [0.1, 0.15) is 6.61 Å². The topological polar surface area (TPSA) is 107 Å². The summed E-state index contributed by atoms with van der Waals surface area (Å²) in [5.74, 6) is 0.649. The molecule has 0 fully saturated rings. The lowest BCUT2D eigenvalue weighted by Crippen LogP contribution is -2.32. The molecule has 100 valence electrons. The van der Waals surface area contributed by atoms with Crippen LogP contribution in [0.15, 0.2) is 0 Å². The second-order valence-electron chi connectivity index (χ2n) is 4.45. The van der Waals surface area contributed by atoms with Gasteiger partial charge in [0.25, 0.3) is 0 Å². The van der Waals surface area contributed by atoms with Crippen molar-refractivity contribution in [2.75, 3.05) is 19.7 Å². The van der Waals surface area contributed by atoms with Crippen LogP contribution in [-0.4, -0.2) is 31.7 Å². The maximum atomic E-state index is 11.5. The Morgan fingerprint density at radius 2 is 2.00 bits per heavy atom. The van der Waals surface area contributed by atoms with Crippen LogP contribution < -0.4 is 16.8 Å². The molecule has 0 aromatic rings. The number of carbonyl (C=O) groups is 2. The molecule has 2 amide bonds. The highest BCUT2D eigenvalue weighted by Gasteiger charge is 2.13. The summed E-state index contributed by atoms with van der Waals surface area (Å²) in [6, 6.07) is 0. The van der Waals surface area contributed by atoms with E-state index in [2.05, 4.69) is 23.9 Å². The van der Waals surface area contributed by atoms with Gasteiger partial charge in [0, 0.05) is 6.42 Å². The van der Waals surface area contributed by atoms with Gasteiger partial charge >= 0.3 is 6.09 Å². The van der Waals surface area contributed by atoms with Crippen LogP contribution in [0.1, 0.15) is 26.7 Å². The van der Waals surface area contributed by atoms with E-state index in [4.69, 9.17) is 11.5 Å². The molecule has 6 heteroatoms. The van der Waals surface area contributed by atoms with Crippen LogP contribution in [-0.2, 0) is 9.53 Å². The average Bonchev–Trinajstić information content (AvgIpc) is 2.22. The van der Waals surface area contributed by atoms with Gasteiger partial charge in [-0.3, -0.25) is 4.79 Å². The Hall–Kier alpha value is -1.30. The zero-order chi connectivity index (χ0) is 13.3. The molecule has 5 N–H and O–H groups in total. The van der Waals surface area contributed by atoms with E-state index in [0.717, 1.165) is 6.42 Å². The fraction of sp³-hybridized carbons (Fsp3) is 0.818. The first-order valence-electron chi connectivity index (χ1n) is 5.84. The van der Waals surface area contributed by atoms with Crippen molar-refractivity contribution in [1.82, 2.24) is 5.32 Å². The van der Waals surface area contributed by atoms with Crippen LogP contribution in [0.5, 0.6) is 0 Å². The summed E-state index contributed by atoms with van der Waals surface area (Å²) in [6.07, 6.45) is 0.506. The Kier molecular flexibility index (Phi) is 8.13. The standard InChI is InChI=1S/C11H23N3O3/c1-8(2)5-9(7-12)6-10(15)14-3-4-17-11(13)16/h8-9H,3-7,12H2,1-2H3,(H2,13,16)(H,14,15)/t9-/m0/s1. The Morgan fingerprint density at radius 3 is 2.47 bits per heavy atom. The highest BCUT2D eigenvalue weighted by Crippen LogP contribution is 2.13. The lowest BCUT2D eigenvalue weighted by molar-refractivity contribution is -0.122. The van der Waals surface area contributed by atoms with E-state index >= 15 is 0 Å². The summed E-state index contributed by atoms with van der Waals surface area (Å²) in [7, 11) is 0. The van der Waals surface area contributed by atoms with Crippen LogP contribution in [0.2, 0.25) is 0 Å². The Labute approximate surface area is 102 Å². The summed E-state index contributed by atoms with van der Waals surface area (Å²) < 4.78 is 4.49. The van der Waals surface area contributed by atoms with Crippen molar-refractivity contribution in [2.24, 2.45) is 23.3 Å². The molecule has 0 rings (SSSR count). The van der Waals surface area contributed by atoms with E-state index in [1.165, 1.54) is 0 Å². The molecule has 0 aromatic heterocycles. The first-order chi connectivity index (χ1) is 7.95. The third kappa shape index (κ3) is 9.62. The molecule has 0 radical (unpaired) electrons. The number of rotatable bonds is 8. The van der Waals surface area contributed by atoms with Gasteiger partial charge in [0.05, 0.1) is 6.54 Å². The van der Waals surface area contributed by atoms with E-state index < -0.39 is 6.09 Å². The zero-order valence-electron chi connectivity index (χ0n) is 10.6. The average molecular weight is 245 g/mol. The molecular formula is C11H23N3O3. The molecule has 0 aromatic carbocycles. The molecule has 0 heterocycles. The molecule has 0 spiro atoms. The molecule has 1 atom stereocenters. The molecule has 0 aliphatic heterocycles. The fourth-order valence-electron chi connectivity index (χ4n) is 1.61. The van der Waals surface area contributed by atoms with E-state index in [9.17, 15) is 9.59 Å². The summed E-state index contributed by atoms with van der Waals surface area (Å²) >= 11 is 0. The quantitative estimate of drug-likeness (QED) is 0.531. The van der Waals surface area contributed by atoms with Gasteiger partial charge in [-0.1, -0.05) is 13.8 Å². The Balaban J connectivity index is 3.71. The van der Waals surface area contributed by atoms with Crippen LogP contribution in [0, 0.1) is 11.8 Å². The van der Waals surface area contributed by atoms with Crippen molar-refractivity contribution in [3.05, 3.63) is 0 Å². The molecule has 0 bridgehead atoms. The molecule has 0 aliphatic carbocycles. The van der Waals surface area contributed by atoms with Crippen molar-refractivity contribution in [1.29, 1.82) is 0 Å². The maximum Gasteiger partial charge on any atom is 0.404 e. The zero-order valence-corrected chi connectivity index (χ0v) is 10.6. The molecule has 0 saturated carbocycles. The minimum atomic E-state index is -0.834. The predicted molar refractivity (Wildman–Crippen MR) is 65.2 cm³/mol. The van der Waals surface area contributed by atoms with Crippen molar-refractivity contribution in [3.63, 3.8) is 0 Å². The lowest BCUT2D eigenvalue weighted by atomic mass is 9.94. The number of amides is 2. The number of carbonyl (C=O) groups excluding carboxylic acids is 2. The van der Waals surface area contributed by atoms with Gasteiger partial charge in [-0.2, -0.15) is 0 Å². The number of nitrogens with two attached hydrogens (primary N) is 2. The third-order valence-corrected chi connectivity index (χ3v) is 2.28. The Morgan fingerprint density at radius 1 is 1.35 bits per heavy atom. The van der Waals surface area contributed by atoms with E-state index in [-0.39, 0.29) is 25.0 Å². The van der Waals surface area contributed by atoms with Gasteiger partial charge in [-0.05, 0) is 24.8 Å². The van der Waals surface area contributed by atoms with Gasteiger partial charge in [-0.25, -0.2) is 4.79 Å². The summed E-state index contributed by atoms with van der Waals surface area (Å²) in [5, 5.41) is 2.65.